The molecule has 0 saturated carbocycles. The molecule has 1 aromatic heterocycles. The van der Waals surface area contributed by atoms with Crippen molar-refractivity contribution in [1.82, 2.24) is 20.4 Å². The Morgan fingerprint density at radius 2 is 1.85 bits per heavy atom. The largest absolute Gasteiger partial charge is 0.493 e. The van der Waals surface area contributed by atoms with Crippen LogP contribution in [-0.2, 0) is 25.8 Å². The van der Waals surface area contributed by atoms with E-state index in [0.29, 0.717) is 5.89 Å². The molecule has 0 bridgehead atoms. The summed E-state index contributed by atoms with van der Waals surface area (Å²) in [6.07, 6.45) is 2.59. The Labute approximate surface area is 194 Å². The van der Waals surface area contributed by atoms with Crippen molar-refractivity contribution in [3.63, 3.8) is 0 Å². The molecule has 3 aromatic rings. The summed E-state index contributed by atoms with van der Waals surface area (Å²) in [5, 5.41) is 7.47. The summed E-state index contributed by atoms with van der Waals surface area (Å²) in [4.78, 5) is 11.2. The number of aryl methyl sites for hydroxylation is 1. The maximum absolute atomic E-state index is 5.48. The topological polar surface area (TPSA) is 85.0 Å². The van der Waals surface area contributed by atoms with Gasteiger partial charge in [-0.1, -0.05) is 24.2 Å². The number of hydrogen-bond donors (Lipinski definition) is 1. The van der Waals surface area contributed by atoms with Crippen molar-refractivity contribution in [1.29, 1.82) is 0 Å². The number of benzene rings is 2. The number of nitrogens with one attached hydrogen (secondary N) is 1. The number of aliphatic imine (C=N–C) groups is 1. The quantitative estimate of drug-likeness (QED) is 0.437. The van der Waals surface area contributed by atoms with Gasteiger partial charge in [-0.15, -0.1) is 0 Å². The second-order valence-electron chi connectivity index (χ2n) is 7.94. The molecule has 0 aliphatic carbocycles. The van der Waals surface area contributed by atoms with Crippen molar-refractivity contribution in [3.05, 3.63) is 58.9 Å². The summed E-state index contributed by atoms with van der Waals surface area (Å²) in [5.74, 6) is 3.74. The van der Waals surface area contributed by atoms with Crippen LogP contribution in [0.1, 0.15) is 29.4 Å². The van der Waals surface area contributed by atoms with Crippen LogP contribution in [0.4, 0.5) is 0 Å². The van der Waals surface area contributed by atoms with Crippen molar-refractivity contribution in [3.8, 4) is 23.0 Å². The Hall–Kier alpha value is -3.55. The number of fused-ring (bicyclic) bond motifs is 1. The Bertz CT molecular complexity index is 1110. The lowest BCUT2D eigenvalue weighted by atomic mass is 9.99. The minimum absolute atomic E-state index is 0.566. The number of rotatable bonds is 7. The maximum atomic E-state index is 5.48. The van der Waals surface area contributed by atoms with Gasteiger partial charge in [0.1, 0.15) is 0 Å². The summed E-state index contributed by atoms with van der Waals surface area (Å²) in [6.45, 7) is 4.49. The second-order valence-corrected chi connectivity index (χ2v) is 7.94. The SMILES string of the molecule is CCc1noc(-c2ccc(CCNC(=NC)N3CCc4cc(OC)c(OC)cc4C3)cc2)n1. The molecule has 174 valence electrons. The summed E-state index contributed by atoms with van der Waals surface area (Å²) in [5.41, 5.74) is 4.71. The van der Waals surface area contributed by atoms with E-state index in [-0.39, 0.29) is 0 Å². The minimum atomic E-state index is 0.566. The standard InChI is InChI=1S/C25H31N5O3/c1-5-23-28-24(33-29-23)18-8-6-17(7-9-18)10-12-27-25(26-2)30-13-11-19-14-21(31-3)22(32-4)15-20(19)16-30/h6-9,14-15H,5,10-13,16H2,1-4H3,(H,26,27). The fourth-order valence-corrected chi connectivity index (χ4v) is 4.04. The molecule has 0 radical (unpaired) electrons. The molecule has 8 nitrogen and oxygen atoms in total. The lowest BCUT2D eigenvalue weighted by molar-refractivity contribution is 0.346. The predicted octanol–water partition coefficient (Wildman–Crippen LogP) is 3.49. The summed E-state index contributed by atoms with van der Waals surface area (Å²) in [7, 11) is 5.17. The number of guanidine groups is 1. The summed E-state index contributed by atoms with van der Waals surface area (Å²) in [6, 6.07) is 12.4. The van der Waals surface area contributed by atoms with Gasteiger partial charge in [-0.05, 0) is 53.8 Å². The van der Waals surface area contributed by atoms with E-state index in [1.165, 1.54) is 16.7 Å². The van der Waals surface area contributed by atoms with Crippen LogP contribution in [-0.4, -0.2) is 55.4 Å². The van der Waals surface area contributed by atoms with Gasteiger partial charge in [-0.2, -0.15) is 4.98 Å². The smallest absolute Gasteiger partial charge is 0.257 e. The van der Waals surface area contributed by atoms with Gasteiger partial charge in [0.2, 0.25) is 0 Å². The van der Waals surface area contributed by atoms with E-state index in [9.17, 15) is 0 Å². The van der Waals surface area contributed by atoms with Gasteiger partial charge >= 0.3 is 0 Å². The first-order valence-corrected chi connectivity index (χ1v) is 11.3. The minimum Gasteiger partial charge on any atom is -0.493 e. The van der Waals surface area contributed by atoms with E-state index < -0.39 is 0 Å². The Kier molecular flexibility index (Phi) is 7.12. The zero-order chi connectivity index (χ0) is 23.2. The zero-order valence-corrected chi connectivity index (χ0v) is 19.7. The van der Waals surface area contributed by atoms with Gasteiger partial charge in [0.25, 0.3) is 5.89 Å². The van der Waals surface area contributed by atoms with E-state index in [0.717, 1.165) is 67.7 Å². The highest BCUT2D eigenvalue weighted by atomic mass is 16.5. The molecule has 33 heavy (non-hydrogen) atoms. The molecule has 1 N–H and O–H groups in total. The van der Waals surface area contributed by atoms with Gasteiger partial charge in [-0.3, -0.25) is 4.99 Å². The van der Waals surface area contributed by atoms with Crippen LogP contribution in [0.25, 0.3) is 11.5 Å². The number of aromatic nitrogens is 2. The number of nitrogens with zero attached hydrogens (tertiary/aromatic N) is 4. The molecule has 8 heteroatoms. The van der Waals surface area contributed by atoms with Gasteiger partial charge in [-0.25, -0.2) is 0 Å². The number of hydrogen-bond acceptors (Lipinski definition) is 6. The van der Waals surface area contributed by atoms with Crippen molar-refractivity contribution in [2.75, 3.05) is 34.4 Å². The molecular weight excluding hydrogens is 418 g/mol. The molecule has 0 atom stereocenters. The lowest BCUT2D eigenvalue weighted by Gasteiger charge is -2.32. The Morgan fingerprint density at radius 1 is 1.12 bits per heavy atom. The highest BCUT2D eigenvalue weighted by Crippen LogP contribution is 2.33. The van der Waals surface area contributed by atoms with E-state index >= 15 is 0 Å². The van der Waals surface area contributed by atoms with E-state index in [1.54, 1.807) is 14.2 Å². The van der Waals surface area contributed by atoms with Crippen molar-refractivity contribution in [2.24, 2.45) is 4.99 Å². The predicted molar refractivity (Wildman–Crippen MR) is 128 cm³/mol. The normalized spacial score (nSPS) is 13.6. The molecule has 2 aromatic carbocycles. The van der Waals surface area contributed by atoms with Crippen molar-refractivity contribution in [2.45, 2.75) is 32.7 Å². The fraction of sp³-hybridized carbons (Fsp3) is 0.400. The third-order valence-corrected chi connectivity index (χ3v) is 5.91. The molecule has 0 fully saturated rings. The third-order valence-electron chi connectivity index (χ3n) is 5.91. The van der Waals surface area contributed by atoms with E-state index in [4.69, 9.17) is 14.0 Å². The van der Waals surface area contributed by atoms with Crippen LogP contribution >= 0.6 is 0 Å². The fourth-order valence-electron chi connectivity index (χ4n) is 4.04. The maximum Gasteiger partial charge on any atom is 0.257 e. The molecule has 0 unspecified atom stereocenters. The first-order chi connectivity index (χ1) is 16.1. The summed E-state index contributed by atoms with van der Waals surface area (Å²) < 4.78 is 16.2. The number of methoxy groups -OCH3 is 2. The molecule has 2 heterocycles. The number of ether oxygens (including phenoxy) is 2. The van der Waals surface area contributed by atoms with Gasteiger partial charge in [0.05, 0.1) is 14.2 Å². The van der Waals surface area contributed by atoms with E-state index in [2.05, 4.69) is 49.6 Å². The monoisotopic (exact) mass is 449 g/mol. The van der Waals surface area contributed by atoms with Crippen LogP contribution < -0.4 is 14.8 Å². The van der Waals surface area contributed by atoms with Crippen molar-refractivity contribution >= 4 is 5.96 Å². The highest BCUT2D eigenvalue weighted by Gasteiger charge is 2.21. The molecule has 4 rings (SSSR count). The van der Waals surface area contributed by atoms with E-state index in [1.807, 2.05) is 26.1 Å². The van der Waals surface area contributed by atoms with Crippen LogP contribution in [0.15, 0.2) is 45.9 Å². The van der Waals surface area contributed by atoms with Crippen LogP contribution in [0.2, 0.25) is 0 Å². The average molecular weight is 450 g/mol. The average Bonchev–Trinajstić information content (AvgIpc) is 3.35. The van der Waals surface area contributed by atoms with Gasteiger partial charge in [0, 0.05) is 38.7 Å². The van der Waals surface area contributed by atoms with Crippen molar-refractivity contribution < 1.29 is 14.0 Å². The van der Waals surface area contributed by atoms with Crippen LogP contribution in [0.3, 0.4) is 0 Å². The second kappa shape index (κ2) is 10.4. The van der Waals surface area contributed by atoms with Crippen LogP contribution in [0.5, 0.6) is 11.5 Å². The molecule has 0 amide bonds. The molecule has 0 saturated heterocycles. The summed E-state index contributed by atoms with van der Waals surface area (Å²) >= 11 is 0. The van der Waals surface area contributed by atoms with Crippen LogP contribution in [0, 0.1) is 0 Å². The molecule has 1 aliphatic heterocycles. The molecule has 1 aliphatic rings. The zero-order valence-electron chi connectivity index (χ0n) is 19.7. The third kappa shape index (κ3) is 5.10. The molecular formula is C25H31N5O3. The lowest BCUT2D eigenvalue weighted by Crippen LogP contribution is -2.44. The Balaban J connectivity index is 1.34. The highest BCUT2D eigenvalue weighted by molar-refractivity contribution is 5.80. The van der Waals surface area contributed by atoms with Gasteiger partial charge < -0.3 is 24.2 Å². The van der Waals surface area contributed by atoms with Gasteiger partial charge in [0.15, 0.2) is 23.3 Å². The Morgan fingerprint density at radius 3 is 2.48 bits per heavy atom. The first-order valence-electron chi connectivity index (χ1n) is 11.3. The molecule has 0 spiro atoms. The first kappa shape index (κ1) is 22.6.